The largest absolute Gasteiger partial charge is 0.382 e. The van der Waals surface area contributed by atoms with Crippen LogP contribution >= 0.6 is 11.3 Å². The van der Waals surface area contributed by atoms with Gasteiger partial charge in [0.2, 0.25) is 0 Å². The average Bonchev–Trinajstić information content (AvgIpc) is 2.50. The van der Waals surface area contributed by atoms with Gasteiger partial charge in [-0.25, -0.2) is 0 Å². The van der Waals surface area contributed by atoms with Crippen LogP contribution in [0.15, 0.2) is 17.5 Å². The summed E-state index contributed by atoms with van der Waals surface area (Å²) in [4.78, 5) is 1.46. The van der Waals surface area contributed by atoms with E-state index in [9.17, 15) is 0 Å². The number of hydrogen-bond acceptors (Lipinski definition) is 2. The molecule has 1 nitrogen and oxygen atoms in total. The van der Waals surface area contributed by atoms with E-state index in [0.717, 1.165) is 26.1 Å². The molecular formula is C9H14OS. The monoisotopic (exact) mass is 170 g/mol. The molecule has 0 saturated carbocycles. The quantitative estimate of drug-likeness (QED) is 0.617. The molecule has 0 aromatic carbocycles. The van der Waals surface area contributed by atoms with Crippen molar-refractivity contribution < 1.29 is 4.74 Å². The van der Waals surface area contributed by atoms with Crippen LogP contribution in [0.5, 0.6) is 0 Å². The Morgan fingerprint density at radius 2 is 2.45 bits per heavy atom. The van der Waals surface area contributed by atoms with Crippen molar-refractivity contribution in [3.05, 3.63) is 22.4 Å². The van der Waals surface area contributed by atoms with Crippen molar-refractivity contribution in [1.29, 1.82) is 0 Å². The summed E-state index contributed by atoms with van der Waals surface area (Å²) < 4.78 is 5.24. The van der Waals surface area contributed by atoms with Gasteiger partial charge in [-0.05, 0) is 31.2 Å². The lowest BCUT2D eigenvalue weighted by molar-refractivity contribution is 0.145. The Bertz CT molecular complexity index is 170. The predicted molar refractivity (Wildman–Crippen MR) is 49.1 cm³/mol. The van der Waals surface area contributed by atoms with Crippen molar-refractivity contribution in [2.24, 2.45) is 0 Å². The maximum Gasteiger partial charge on any atom is 0.0469 e. The summed E-state index contributed by atoms with van der Waals surface area (Å²) in [6, 6.07) is 4.28. The molecule has 11 heavy (non-hydrogen) atoms. The highest BCUT2D eigenvalue weighted by Crippen LogP contribution is 2.10. The second-order valence-corrected chi connectivity index (χ2v) is 3.41. The van der Waals surface area contributed by atoms with Crippen LogP contribution in [0.4, 0.5) is 0 Å². The summed E-state index contributed by atoms with van der Waals surface area (Å²) in [5.41, 5.74) is 0. The molecule has 0 fully saturated rings. The molecule has 0 spiro atoms. The van der Waals surface area contributed by atoms with E-state index in [0.29, 0.717) is 0 Å². The molecule has 0 aliphatic carbocycles. The van der Waals surface area contributed by atoms with Crippen LogP contribution in [-0.2, 0) is 11.2 Å². The molecule has 2 heteroatoms. The van der Waals surface area contributed by atoms with E-state index in [4.69, 9.17) is 4.74 Å². The zero-order valence-electron chi connectivity index (χ0n) is 6.88. The standard InChI is InChI=1S/C9H14OS/c1-2-10-7-3-5-9-6-4-8-11-9/h4,6,8H,2-3,5,7H2,1H3. The lowest BCUT2D eigenvalue weighted by Crippen LogP contribution is -1.94. The van der Waals surface area contributed by atoms with Crippen LogP contribution in [0.1, 0.15) is 18.2 Å². The maximum absolute atomic E-state index is 5.24. The van der Waals surface area contributed by atoms with Gasteiger partial charge in [-0.2, -0.15) is 0 Å². The zero-order chi connectivity index (χ0) is 7.94. The van der Waals surface area contributed by atoms with Gasteiger partial charge in [-0.1, -0.05) is 6.07 Å². The van der Waals surface area contributed by atoms with Crippen LogP contribution in [0.25, 0.3) is 0 Å². The first kappa shape index (κ1) is 8.75. The molecule has 0 radical (unpaired) electrons. The molecule has 1 aromatic heterocycles. The van der Waals surface area contributed by atoms with Gasteiger partial charge in [-0.3, -0.25) is 0 Å². The topological polar surface area (TPSA) is 9.23 Å². The molecule has 0 saturated heterocycles. The Morgan fingerprint density at radius 3 is 3.09 bits per heavy atom. The molecule has 1 heterocycles. The van der Waals surface area contributed by atoms with Crippen LogP contribution < -0.4 is 0 Å². The number of ether oxygens (including phenoxy) is 1. The number of aryl methyl sites for hydroxylation is 1. The lowest BCUT2D eigenvalue weighted by Gasteiger charge is -1.98. The van der Waals surface area contributed by atoms with Crippen LogP contribution in [-0.4, -0.2) is 13.2 Å². The fraction of sp³-hybridized carbons (Fsp3) is 0.556. The first-order valence-corrected chi connectivity index (χ1v) is 4.91. The molecule has 1 aromatic rings. The molecule has 0 aliphatic rings. The summed E-state index contributed by atoms with van der Waals surface area (Å²) in [5, 5.41) is 2.12. The van der Waals surface area contributed by atoms with Crippen molar-refractivity contribution in [3.8, 4) is 0 Å². The first-order valence-electron chi connectivity index (χ1n) is 4.03. The summed E-state index contributed by atoms with van der Waals surface area (Å²) in [5.74, 6) is 0. The zero-order valence-corrected chi connectivity index (χ0v) is 7.69. The summed E-state index contributed by atoms with van der Waals surface area (Å²) in [6.45, 7) is 3.77. The van der Waals surface area contributed by atoms with Gasteiger partial charge in [0.15, 0.2) is 0 Å². The number of rotatable bonds is 5. The molecule has 0 bridgehead atoms. The Kier molecular flexibility index (Phi) is 4.24. The van der Waals surface area contributed by atoms with Crippen molar-refractivity contribution >= 4 is 11.3 Å². The van der Waals surface area contributed by atoms with Crippen molar-refractivity contribution in [1.82, 2.24) is 0 Å². The minimum absolute atomic E-state index is 0.838. The van der Waals surface area contributed by atoms with Crippen LogP contribution in [0.3, 0.4) is 0 Å². The van der Waals surface area contributed by atoms with Gasteiger partial charge in [0.25, 0.3) is 0 Å². The number of hydrogen-bond donors (Lipinski definition) is 0. The second-order valence-electron chi connectivity index (χ2n) is 2.38. The second kappa shape index (κ2) is 5.33. The molecule has 0 aliphatic heterocycles. The molecule has 0 amide bonds. The first-order chi connectivity index (χ1) is 5.43. The Labute approximate surface area is 72.0 Å². The van der Waals surface area contributed by atoms with E-state index in [2.05, 4.69) is 17.5 Å². The van der Waals surface area contributed by atoms with E-state index < -0.39 is 0 Å². The molecule has 0 atom stereocenters. The van der Waals surface area contributed by atoms with Gasteiger partial charge in [0.05, 0.1) is 0 Å². The van der Waals surface area contributed by atoms with Crippen LogP contribution in [0.2, 0.25) is 0 Å². The fourth-order valence-corrected chi connectivity index (χ4v) is 1.70. The lowest BCUT2D eigenvalue weighted by atomic mass is 10.3. The Hall–Kier alpha value is -0.340. The summed E-state index contributed by atoms with van der Waals surface area (Å²) in [6.07, 6.45) is 2.31. The van der Waals surface area contributed by atoms with Gasteiger partial charge in [-0.15, -0.1) is 11.3 Å². The smallest absolute Gasteiger partial charge is 0.0469 e. The molecule has 0 N–H and O–H groups in total. The van der Waals surface area contributed by atoms with Crippen molar-refractivity contribution in [3.63, 3.8) is 0 Å². The third-order valence-corrected chi connectivity index (χ3v) is 2.43. The normalized spacial score (nSPS) is 10.3. The van der Waals surface area contributed by atoms with E-state index >= 15 is 0 Å². The molecule has 1 rings (SSSR count). The fourth-order valence-electron chi connectivity index (χ4n) is 0.948. The van der Waals surface area contributed by atoms with E-state index in [1.807, 2.05) is 18.3 Å². The predicted octanol–water partition coefficient (Wildman–Crippen LogP) is 2.72. The Balaban J connectivity index is 2.04. The molecule has 0 unspecified atom stereocenters. The highest BCUT2D eigenvalue weighted by atomic mass is 32.1. The van der Waals surface area contributed by atoms with Gasteiger partial charge >= 0.3 is 0 Å². The minimum Gasteiger partial charge on any atom is -0.382 e. The Morgan fingerprint density at radius 1 is 1.55 bits per heavy atom. The van der Waals surface area contributed by atoms with Gasteiger partial charge < -0.3 is 4.74 Å². The van der Waals surface area contributed by atoms with Crippen molar-refractivity contribution in [2.75, 3.05) is 13.2 Å². The molecule has 62 valence electrons. The third-order valence-electron chi connectivity index (χ3n) is 1.50. The van der Waals surface area contributed by atoms with E-state index in [-0.39, 0.29) is 0 Å². The van der Waals surface area contributed by atoms with E-state index in [1.54, 1.807) is 0 Å². The average molecular weight is 170 g/mol. The van der Waals surface area contributed by atoms with Crippen molar-refractivity contribution in [2.45, 2.75) is 19.8 Å². The van der Waals surface area contributed by atoms with Gasteiger partial charge in [0.1, 0.15) is 0 Å². The third kappa shape index (κ3) is 3.54. The van der Waals surface area contributed by atoms with Gasteiger partial charge in [0, 0.05) is 18.1 Å². The molecular weight excluding hydrogens is 156 g/mol. The number of thiophene rings is 1. The highest BCUT2D eigenvalue weighted by molar-refractivity contribution is 7.09. The van der Waals surface area contributed by atoms with E-state index in [1.165, 1.54) is 4.88 Å². The SMILES string of the molecule is CCOCCCc1cccs1. The maximum atomic E-state index is 5.24. The summed E-state index contributed by atoms with van der Waals surface area (Å²) >= 11 is 1.83. The van der Waals surface area contributed by atoms with Crippen LogP contribution in [0, 0.1) is 0 Å². The summed E-state index contributed by atoms with van der Waals surface area (Å²) in [7, 11) is 0. The minimum atomic E-state index is 0.838. The highest BCUT2D eigenvalue weighted by Gasteiger charge is 1.92.